The van der Waals surface area contributed by atoms with Crippen LogP contribution >= 0.6 is 0 Å². The molecule has 1 aliphatic carbocycles. The molecule has 1 saturated carbocycles. The summed E-state index contributed by atoms with van der Waals surface area (Å²) in [5.74, 6) is -0.769. The zero-order chi connectivity index (χ0) is 17.8. The summed E-state index contributed by atoms with van der Waals surface area (Å²) in [6.07, 6.45) is 3.44. The summed E-state index contributed by atoms with van der Waals surface area (Å²) in [7, 11) is 0. The number of nitrogens with one attached hydrogen (secondary N) is 3. The van der Waals surface area contributed by atoms with Crippen LogP contribution in [0.15, 0.2) is 42.6 Å². The third-order valence-corrected chi connectivity index (χ3v) is 3.63. The van der Waals surface area contributed by atoms with Crippen molar-refractivity contribution in [3.8, 4) is 0 Å². The van der Waals surface area contributed by atoms with E-state index in [1.165, 1.54) is 19.2 Å². The van der Waals surface area contributed by atoms with Gasteiger partial charge < -0.3 is 16.0 Å². The number of hydrogen-bond donors (Lipinski definition) is 3. The number of anilines is 2. The van der Waals surface area contributed by atoms with E-state index in [1.807, 2.05) is 0 Å². The number of aromatic nitrogens is 1. The summed E-state index contributed by atoms with van der Waals surface area (Å²) in [4.78, 5) is 39.4. The molecule has 0 aliphatic heterocycles. The Hall–Kier alpha value is -3.22. The molecule has 0 atom stereocenters. The van der Waals surface area contributed by atoms with Crippen molar-refractivity contribution >= 4 is 29.1 Å². The molecule has 7 nitrogen and oxygen atoms in total. The van der Waals surface area contributed by atoms with Crippen LogP contribution in [0.25, 0.3) is 0 Å². The summed E-state index contributed by atoms with van der Waals surface area (Å²) in [5, 5.41) is 8.24. The monoisotopic (exact) mass is 338 g/mol. The maximum absolute atomic E-state index is 12.3. The van der Waals surface area contributed by atoms with Crippen molar-refractivity contribution in [2.24, 2.45) is 0 Å². The number of rotatable bonds is 5. The van der Waals surface area contributed by atoms with Gasteiger partial charge in [0.1, 0.15) is 5.69 Å². The SMILES string of the molecule is CC(=O)Nc1ccc(NC(=O)c2cc(C(=O)NC3CC3)ccn2)cc1. The summed E-state index contributed by atoms with van der Waals surface area (Å²) in [6, 6.07) is 10.0. The van der Waals surface area contributed by atoms with Gasteiger partial charge in [-0.05, 0) is 49.2 Å². The van der Waals surface area contributed by atoms with Gasteiger partial charge in [0.2, 0.25) is 5.91 Å². The van der Waals surface area contributed by atoms with E-state index in [0.29, 0.717) is 16.9 Å². The molecule has 1 heterocycles. The van der Waals surface area contributed by atoms with Gasteiger partial charge in [-0.3, -0.25) is 19.4 Å². The van der Waals surface area contributed by atoms with Crippen LogP contribution in [-0.2, 0) is 4.79 Å². The van der Waals surface area contributed by atoms with Crippen LogP contribution in [0.4, 0.5) is 11.4 Å². The zero-order valence-electron chi connectivity index (χ0n) is 13.7. The highest BCUT2D eigenvalue weighted by Crippen LogP contribution is 2.19. The van der Waals surface area contributed by atoms with E-state index in [-0.39, 0.29) is 23.6 Å². The Balaban J connectivity index is 1.66. The number of hydrogen-bond acceptors (Lipinski definition) is 4. The summed E-state index contributed by atoms with van der Waals surface area (Å²) < 4.78 is 0. The normalized spacial score (nSPS) is 13.0. The number of carbonyl (C=O) groups excluding carboxylic acids is 3. The lowest BCUT2D eigenvalue weighted by Crippen LogP contribution is -2.26. The predicted molar refractivity (Wildman–Crippen MR) is 93.4 cm³/mol. The van der Waals surface area contributed by atoms with E-state index < -0.39 is 5.91 Å². The van der Waals surface area contributed by atoms with E-state index in [9.17, 15) is 14.4 Å². The van der Waals surface area contributed by atoms with E-state index in [4.69, 9.17) is 0 Å². The third-order valence-electron chi connectivity index (χ3n) is 3.63. The Morgan fingerprint density at radius 2 is 1.60 bits per heavy atom. The fourth-order valence-electron chi connectivity index (χ4n) is 2.23. The third kappa shape index (κ3) is 4.63. The molecule has 0 saturated heterocycles. The molecule has 7 heteroatoms. The molecule has 3 amide bonds. The van der Waals surface area contributed by atoms with Gasteiger partial charge in [-0.15, -0.1) is 0 Å². The van der Waals surface area contributed by atoms with Gasteiger partial charge in [-0.1, -0.05) is 0 Å². The van der Waals surface area contributed by atoms with Crippen molar-refractivity contribution in [2.45, 2.75) is 25.8 Å². The second-order valence-corrected chi connectivity index (χ2v) is 5.89. The van der Waals surface area contributed by atoms with Crippen LogP contribution in [-0.4, -0.2) is 28.7 Å². The first-order valence-corrected chi connectivity index (χ1v) is 7.97. The fourth-order valence-corrected chi connectivity index (χ4v) is 2.23. The maximum atomic E-state index is 12.3. The van der Waals surface area contributed by atoms with E-state index in [0.717, 1.165) is 12.8 Å². The Kier molecular flexibility index (Phi) is 4.74. The van der Waals surface area contributed by atoms with Crippen molar-refractivity contribution in [3.05, 3.63) is 53.9 Å². The first-order valence-electron chi connectivity index (χ1n) is 7.97. The smallest absolute Gasteiger partial charge is 0.274 e. The number of amides is 3. The number of nitrogens with zero attached hydrogens (tertiary/aromatic N) is 1. The van der Waals surface area contributed by atoms with Crippen LogP contribution in [0.3, 0.4) is 0 Å². The van der Waals surface area contributed by atoms with Crippen molar-refractivity contribution in [2.75, 3.05) is 10.6 Å². The molecule has 0 spiro atoms. The van der Waals surface area contributed by atoms with Crippen LogP contribution in [0.5, 0.6) is 0 Å². The number of pyridine rings is 1. The van der Waals surface area contributed by atoms with Gasteiger partial charge in [0.25, 0.3) is 11.8 Å². The molecule has 0 bridgehead atoms. The standard InChI is InChI=1S/C18H18N4O3/c1-11(23)20-13-2-4-15(5-3-13)22-18(25)16-10-12(8-9-19-16)17(24)21-14-6-7-14/h2-5,8-10,14H,6-7H2,1H3,(H,20,23)(H,21,24)(H,22,25). The predicted octanol–water partition coefficient (Wildman–Crippen LogP) is 2.18. The van der Waals surface area contributed by atoms with Gasteiger partial charge in [0.15, 0.2) is 0 Å². The zero-order valence-corrected chi connectivity index (χ0v) is 13.7. The minimum Gasteiger partial charge on any atom is -0.349 e. The van der Waals surface area contributed by atoms with Crippen molar-refractivity contribution < 1.29 is 14.4 Å². The average Bonchev–Trinajstić information content (AvgIpc) is 3.40. The quantitative estimate of drug-likeness (QED) is 0.778. The van der Waals surface area contributed by atoms with Gasteiger partial charge in [-0.2, -0.15) is 0 Å². The van der Waals surface area contributed by atoms with Crippen LogP contribution in [0, 0.1) is 0 Å². The highest BCUT2D eigenvalue weighted by Gasteiger charge is 2.24. The van der Waals surface area contributed by atoms with Crippen LogP contribution < -0.4 is 16.0 Å². The molecule has 128 valence electrons. The second kappa shape index (κ2) is 7.12. The summed E-state index contributed by atoms with van der Waals surface area (Å²) in [6.45, 7) is 1.42. The van der Waals surface area contributed by atoms with E-state index in [2.05, 4.69) is 20.9 Å². The second-order valence-electron chi connectivity index (χ2n) is 5.89. The minimum atomic E-state index is -0.409. The molecular formula is C18H18N4O3. The van der Waals surface area contributed by atoms with E-state index >= 15 is 0 Å². The Labute approximate surface area is 144 Å². The first-order chi connectivity index (χ1) is 12.0. The van der Waals surface area contributed by atoms with E-state index in [1.54, 1.807) is 30.3 Å². The molecule has 1 fully saturated rings. The molecule has 0 unspecified atom stereocenters. The fraction of sp³-hybridized carbons (Fsp3) is 0.222. The molecule has 1 aliphatic rings. The molecular weight excluding hydrogens is 320 g/mol. The molecule has 3 rings (SSSR count). The number of carbonyl (C=O) groups is 3. The first kappa shape index (κ1) is 16.6. The van der Waals surface area contributed by atoms with Gasteiger partial charge in [0.05, 0.1) is 0 Å². The summed E-state index contributed by atoms with van der Waals surface area (Å²) in [5.41, 5.74) is 1.78. The number of benzene rings is 1. The minimum absolute atomic E-state index is 0.161. The van der Waals surface area contributed by atoms with Crippen molar-refractivity contribution in [1.82, 2.24) is 10.3 Å². The highest BCUT2D eigenvalue weighted by molar-refractivity contribution is 6.05. The largest absolute Gasteiger partial charge is 0.349 e. The van der Waals surface area contributed by atoms with Crippen molar-refractivity contribution in [1.29, 1.82) is 0 Å². The average molecular weight is 338 g/mol. The van der Waals surface area contributed by atoms with Crippen LogP contribution in [0.1, 0.15) is 40.6 Å². The van der Waals surface area contributed by atoms with Crippen molar-refractivity contribution in [3.63, 3.8) is 0 Å². The van der Waals surface area contributed by atoms with Gasteiger partial charge in [0, 0.05) is 36.1 Å². The molecule has 2 aromatic rings. The molecule has 3 N–H and O–H groups in total. The lowest BCUT2D eigenvalue weighted by molar-refractivity contribution is -0.114. The topological polar surface area (TPSA) is 100 Å². The van der Waals surface area contributed by atoms with Gasteiger partial charge >= 0.3 is 0 Å². The lowest BCUT2D eigenvalue weighted by atomic mass is 10.2. The maximum Gasteiger partial charge on any atom is 0.274 e. The van der Waals surface area contributed by atoms with Crippen LogP contribution in [0.2, 0.25) is 0 Å². The Morgan fingerprint density at radius 1 is 0.960 bits per heavy atom. The molecule has 1 aromatic heterocycles. The molecule has 25 heavy (non-hydrogen) atoms. The van der Waals surface area contributed by atoms with Gasteiger partial charge in [-0.25, -0.2) is 0 Å². The molecule has 0 radical (unpaired) electrons. The lowest BCUT2D eigenvalue weighted by Gasteiger charge is -2.08. The molecule has 1 aromatic carbocycles. The Morgan fingerprint density at radius 3 is 2.20 bits per heavy atom. The summed E-state index contributed by atoms with van der Waals surface area (Å²) >= 11 is 0. The highest BCUT2D eigenvalue weighted by atomic mass is 16.2. The Bertz CT molecular complexity index is 813.